The summed E-state index contributed by atoms with van der Waals surface area (Å²) < 4.78 is 18.6. The molecule has 2 rings (SSSR count). The molecule has 0 saturated heterocycles. The second kappa shape index (κ2) is 7.15. The Bertz CT molecular complexity index is 557. The highest BCUT2D eigenvalue weighted by Gasteiger charge is 2.00. The van der Waals surface area contributed by atoms with E-state index in [1.54, 1.807) is 12.1 Å². The fourth-order valence-electron chi connectivity index (χ4n) is 1.79. The highest BCUT2D eigenvalue weighted by molar-refractivity contribution is 6.31. The summed E-state index contributed by atoms with van der Waals surface area (Å²) in [4.78, 5) is 0. The van der Waals surface area contributed by atoms with Gasteiger partial charge in [0.1, 0.15) is 18.2 Å². The molecule has 0 heterocycles. The number of anilines is 1. The van der Waals surface area contributed by atoms with Gasteiger partial charge >= 0.3 is 0 Å². The SMILES string of the molecule is CCc1ccc(OCCNc2ccc(F)c(Cl)c2)cc1. The Kier molecular flexibility index (Phi) is 5.24. The fraction of sp³-hybridized carbons (Fsp3) is 0.250. The zero-order valence-electron chi connectivity index (χ0n) is 11.3. The second-order valence-electron chi connectivity index (χ2n) is 4.40. The van der Waals surface area contributed by atoms with Crippen molar-refractivity contribution in [3.05, 3.63) is 58.9 Å². The van der Waals surface area contributed by atoms with Crippen LogP contribution in [0.4, 0.5) is 10.1 Å². The molecule has 0 radical (unpaired) electrons. The quantitative estimate of drug-likeness (QED) is 0.790. The van der Waals surface area contributed by atoms with Gasteiger partial charge in [0.15, 0.2) is 0 Å². The van der Waals surface area contributed by atoms with Crippen molar-refractivity contribution in [2.75, 3.05) is 18.5 Å². The monoisotopic (exact) mass is 293 g/mol. The lowest BCUT2D eigenvalue weighted by Gasteiger charge is -2.09. The molecular weight excluding hydrogens is 277 g/mol. The Hall–Kier alpha value is -1.74. The summed E-state index contributed by atoms with van der Waals surface area (Å²) in [6.45, 7) is 3.27. The molecule has 106 valence electrons. The molecule has 0 atom stereocenters. The van der Waals surface area contributed by atoms with E-state index in [2.05, 4.69) is 24.4 Å². The smallest absolute Gasteiger partial charge is 0.141 e. The first-order chi connectivity index (χ1) is 9.69. The molecule has 0 spiro atoms. The maximum atomic E-state index is 13.0. The number of benzene rings is 2. The summed E-state index contributed by atoms with van der Waals surface area (Å²) in [6, 6.07) is 12.6. The molecule has 1 N–H and O–H groups in total. The van der Waals surface area contributed by atoms with Crippen LogP contribution in [-0.2, 0) is 6.42 Å². The van der Waals surface area contributed by atoms with Gasteiger partial charge in [-0.2, -0.15) is 0 Å². The van der Waals surface area contributed by atoms with E-state index in [-0.39, 0.29) is 5.02 Å². The summed E-state index contributed by atoms with van der Waals surface area (Å²) in [5.74, 6) is 0.436. The number of aryl methyl sites for hydroxylation is 1. The van der Waals surface area contributed by atoms with Crippen molar-refractivity contribution in [2.24, 2.45) is 0 Å². The van der Waals surface area contributed by atoms with Gasteiger partial charge in [-0.1, -0.05) is 30.7 Å². The molecule has 2 aromatic carbocycles. The van der Waals surface area contributed by atoms with Gasteiger partial charge in [0, 0.05) is 12.2 Å². The molecule has 2 aromatic rings. The van der Waals surface area contributed by atoms with Gasteiger partial charge in [-0.15, -0.1) is 0 Å². The van der Waals surface area contributed by atoms with Crippen LogP contribution in [0.25, 0.3) is 0 Å². The minimum absolute atomic E-state index is 0.117. The summed E-state index contributed by atoms with van der Waals surface area (Å²) >= 11 is 5.70. The van der Waals surface area contributed by atoms with E-state index in [9.17, 15) is 4.39 Å². The lowest BCUT2D eigenvalue weighted by molar-refractivity contribution is 0.333. The van der Waals surface area contributed by atoms with E-state index in [1.807, 2.05) is 12.1 Å². The van der Waals surface area contributed by atoms with Crippen molar-refractivity contribution in [2.45, 2.75) is 13.3 Å². The number of rotatable bonds is 6. The standard InChI is InChI=1S/C16H17ClFNO/c1-2-12-3-6-14(7-4-12)20-10-9-19-13-5-8-16(18)15(17)11-13/h3-8,11,19H,2,9-10H2,1H3. The largest absolute Gasteiger partial charge is 0.492 e. The lowest BCUT2D eigenvalue weighted by atomic mass is 10.2. The molecule has 0 amide bonds. The Morgan fingerprint density at radius 1 is 1.15 bits per heavy atom. The Morgan fingerprint density at radius 3 is 2.55 bits per heavy atom. The maximum Gasteiger partial charge on any atom is 0.141 e. The molecule has 0 aliphatic carbocycles. The molecule has 2 nitrogen and oxygen atoms in total. The van der Waals surface area contributed by atoms with E-state index in [1.165, 1.54) is 11.6 Å². The van der Waals surface area contributed by atoms with E-state index in [0.717, 1.165) is 17.9 Å². The third-order valence-electron chi connectivity index (χ3n) is 2.95. The number of nitrogens with one attached hydrogen (secondary N) is 1. The van der Waals surface area contributed by atoms with Crippen LogP contribution in [0, 0.1) is 5.82 Å². The summed E-state index contributed by atoms with van der Waals surface area (Å²) in [5, 5.41) is 3.25. The van der Waals surface area contributed by atoms with Crippen LogP contribution in [0.15, 0.2) is 42.5 Å². The second-order valence-corrected chi connectivity index (χ2v) is 4.81. The van der Waals surface area contributed by atoms with Gasteiger partial charge in [-0.3, -0.25) is 0 Å². The normalized spacial score (nSPS) is 10.3. The molecule has 20 heavy (non-hydrogen) atoms. The van der Waals surface area contributed by atoms with Crippen LogP contribution < -0.4 is 10.1 Å². The van der Waals surface area contributed by atoms with E-state index < -0.39 is 5.82 Å². The van der Waals surface area contributed by atoms with Crippen molar-refractivity contribution in [3.8, 4) is 5.75 Å². The first-order valence-corrected chi connectivity index (χ1v) is 6.97. The Labute approximate surface area is 123 Å². The maximum absolute atomic E-state index is 13.0. The van der Waals surface area contributed by atoms with Gasteiger partial charge in [0.25, 0.3) is 0 Å². The van der Waals surface area contributed by atoms with E-state index in [4.69, 9.17) is 16.3 Å². The number of ether oxygens (including phenoxy) is 1. The summed E-state index contributed by atoms with van der Waals surface area (Å²) in [7, 11) is 0. The predicted molar refractivity (Wildman–Crippen MR) is 81.2 cm³/mol. The summed E-state index contributed by atoms with van der Waals surface area (Å²) in [6.07, 6.45) is 1.02. The van der Waals surface area contributed by atoms with Crippen molar-refractivity contribution in [1.82, 2.24) is 0 Å². The number of hydrogen-bond donors (Lipinski definition) is 1. The minimum Gasteiger partial charge on any atom is -0.492 e. The van der Waals surface area contributed by atoms with Crippen LogP contribution in [-0.4, -0.2) is 13.2 Å². The highest BCUT2D eigenvalue weighted by atomic mass is 35.5. The van der Waals surface area contributed by atoms with Gasteiger partial charge in [0.2, 0.25) is 0 Å². The molecule has 4 heteroatoms. The molecule has 0 unspecified atom stereocenters. The molecule has 0 aromatic heterocycles. The molecule has 0 aliphatic rings. The van der Waals surface area contributed by atoms with Crippen LogP contribution in [0.1, 0.15) is 12.5 Å². The highest BCUT2D eigenvalue weighted by Crippen LogP contribution is 2.19. The topological polar surface area (TPSA) is 21.3 Å². The Morgan fingerprint density at radius 2 is 1.90 bits per heavy atom. The van der Waals surface area contributed by atoms with Gasteiger partial charge in [0.05, 0.1) is 5.02 Å². The van der Waals surface area contributed by atoms with Crippen LogP contribution in [0.2, 0.25) is 5.02 Å². The van der Waals surface area contributed by atoms with Crippen LogP contribution in [0.3, 0.4) is 0 Å². The third kappa shape index (κ3) is 4.14. The van der Waals surface area contributed by atoms with Crippen molar-refractivity contribution in [3.63, 3.8) is 0 Å². The van der Waals surface area contributed by atoms with Gasteiger partial charge in [-0.05, 0) is 42.3 Å². The lowest BCUT2D eigenvalue weighted by Crippen LogP contribution is -2.11. The van der Waals surface area contributed by atoms with Crippen molar-refractivity contribution in [1.29, 1.82) is 0 Å². The average molecular weight is 294 g/mol. The summed E-state index contributed by atoms with van der Waals surface area (Å²) in [5.41, 5.74) is 2.07. The van der Waals surface area contributed by atoms with E-state index >= 15 is 0 Å². The van der Waals surface area contributed by atoms with E-state index in [0.29, 0.717) is 13.2 Å². The van der Waals surface area contributed by atoms with Gasteiger partial charge < -0.3 is 10.1 Å². The molecule has 0 bridgehead atoms. The van der Waals surface area contributed by atoms with Crippen LogP contribution in [0.5, 0.6) is 5.75 Å². The third-order valence-corrected chi connectivity index (χ3v) is 3.24. The zero-order valence-corrected chi connectivity index (χ0v) is 12.1. The molecule has 0 fully saturated rings. The fourth-order valence-corrected chi connectivity index (χ4v) is 1.97. The minimum atomic E-state index is -0.413. The van der Waals surface area contributed by atoms with Crippen molar-refractivity contribution >= 4 is 17.3 Å². The molecule has 0 saturated carbocycles. The first kappa shape index (κ1) is 14.7. The molecular formula is C16H17ClFNO. The predicted octanol–water partition coefficient (Wildman–Crippen LogP) is 4.53. The number of halogens is 2. The zero-order chi connectivity index (χ0) is 14.4. The number of hydrogen-bond acceptors (Lipinski definition) is 2. The van der Waals surface area contributed by atoms with Gasteiger partial charge in [-0.25, -0.2) is 4.39 Å². The average Bonchev–Trinajstić information content (AvgIpc) is 2.48. The first-order valence-electron chi connectivity index (χ1n) is 6.59. The molecule has 0 aliphatic heterocycles. The van der Waals surface area contributed by atoms with Crippen molar-refractivity contribution < 1.29 is 9.13 Å². The Balaban J connectivity index is 1.76. The van der Waals surface area contributed by atoms with Crippen LogP contribution >= 0.6 is 11.6 Å².